The average Bonchev–Trinajstić information content (AvgIpc) is 2.02. The summed E-state index contributed by atoms with van der Waals surface area (Å²) in [6.45, 7) is 1.11. The van der Waals surface area contributed by atoms with Gasteiger partial charge in [0.05, 0.1) is 7.11 Å². The normalized spacial score (nSPS) is 19.4. The van der Waals surface area contributed by atoms with E-state index in [0.29, 0.717) is 6.04 Å². The van der Waals surface area contributed by atoms with Gasteiger partial charge in [0.2, 0.25) is 0 Å². The molecule has 1 N–H and O–H groups in total. The monoisotopic (exact) mass is 277 g/mol. The van der Waals surface area contributed by atoms with Crippen molar-refractivity contribution in [3.8, 4) is 5.75 Å². The van der Waals surface area contributed by atoms with E-state index < -0.39 is 0 Å². The Kier molecular flexibility index (Phi) is 4.23. The van der Waals surface area contributed by atoms with Crippen molar-refractivity contribution < 1.29 is 4.74 Å². The van der Waals surface area contributed by atoms with Gasteiger partial charge in [-0.3, -0.25) is 0 Å². The molecule has 0 saturated carbocycles. The second kappa shape index (κ2) is 5.01. The molecule has 1 aliphatic rings. The third kappa shape index (κ3) is 2.22. The van der Waals surface area contributed by atoms with E-state index >= 15 is 0 Å². The molecule has 0 aromatic heterocycles. The number of hydrogen-bond donors (Lipinski definition) is 1. The summed E-state index contributed by atoms with van der Waals surface area (Å²) in [4.78, 5) is 0. The van der Waals surface area contributed by atoms with Crippen LogP contribution in [-0.4, -0.2) is 13.7 Å². The topological polar surface area (TPSA) is 21.3 Å². The van der Waals surface area contributed by atoms with Crippen LogP contribution in [0.5, 0.6) is 5.75 Å². The molecule has 1 saturated heterocycles. The molecule has 0 unspecified atom stereocenters. The molecule has 2 rings (SSSR count). The first-order chi connectivity index (χ1) is 6.31. The zero-order chi connectivity index (χ0) is 9.26. The summed E-state index contributed by atoms with van der Waals surface area (Å²) in [5.41, 5.74) is 1.25. The Hall–Kier alpha value is -0.250. The van der Waals surface area contributed by atoms with E-state index in [4.69, 9.17) is 4.74 Å². The molecule has 0 spiro atoms. The molecule has 14 heavy (non-hydrogen) atoms. The van der Waals surface area contributed by atoms with Gasteiger partial charge in [0.15, 0.2) is 0 Å². The van der Waals surface area contributed by atoms with Crippen molar-refractivity contribution >= 4 is 28.3 Å². The summed E-state index contributed by atoms with van der Waals surface area (Å²) in [5.74, 6) is 0.973. The lowest BCUT2D eigenvalue weighted by Crippen LogP contribution is -2.35. The van der Waals surface area contributed by atoms with E-state index in [1.54, 1.807) is 7.11 Å². The van der Waals surface area contributed by atoms with Crippen LogP contribution in [-0.2, 0) is 0 Å². The maximum atomic E-state index is 5.30. The van der Waals surface area contributed by atoms with Crippen LogP contribution in [0.15, 0.2) is 22.7 Å². The predicted octanol–water partition coefficient (Wildman–Crippen LogP) is 2.91. The highest BCUT2D eigenvalue weighted by molar-refractivity contribution is 9.10. The van der Waals surface area contributed by atoms with E-state index in [0.717, 1.165) is 16.8 Å². The van der Waals surface area contributed by atoms with Gasteiger partial charge in [-0.05, 0) is 31.2 Å². The first kappa shape index (κ1) is 11.8. The maximum absolute atomic E-state index is 5.30. The van der Waals surface area contributed by atoms with Crippen LogP contribution >= 0.6 is 28.3 Å². The second-order valence-corrected chi connectivity index (χ2v) is 4.10. The van der Waals surface area contributed by atoms with Crippen molar-refractivity contribution in [3.63, 3.8) is 0 Å². The van der Waals surface area contributed by atoms with Gasteiger partial charge in [-0.1, -0.05) is 15.9 Å². The molecular weight excluding hydrogens is 265 g/mol. The minimum absolute atomic E-state index is 0. The second-order valence-electron chi connectivity index (χ2n) is 3.18. The molecule has 1 aromatic carbocycles. The number of halogens is 2. The number of benzene rings is 1. The quantitative estimate of drug-likeness (QED) is 0.898. The molecule has 0 aliphatic carbocycles. The van der Waals surface area contributed by atoms with Gasteiger partial charge in [-0.2, -0.15) is 0 Å². The SMILES string of the molecule is COc1ccc(Br)cc1[C@@H]1CCN1.Cl. The molecule has 0 radical (unpaired) electrons. The molecule has 2 nitrogen and oxygen atoms in total. The van der Waals surface area contributed by atoms with Crippen LogP contribution in [0.4, 0.5) is 0 Å². The molecule has 0 bridgehead atoms. The largest absolute Gasteiger partial charge is 0.496 e. The maximum Gasteiger partial charge on any atom is 0.123 e. The van der Waals surface area contributed by atoms with Gasteiger partial charge >= 0.3 is 0 Å². The van der Waals surface area contributed by atoms with Crippen LogP contribution in [0.25, 0.3) is 0 Å². The van der Waals surface area contributed by atoms with E-state index in [-0.39, 0.29) is 12.4 Å². The molecule has 1 fully saturated rings. The Labute approximate surface area is 98.6 Å². The zero-order valence-electron chi connectivity index (χ0n) is 7.92. The fraction of sp³-hybridized carbons (Fsp3) is 0.400. The number of methoxy groups -OCH3 is 1. The molecule has 1 aromatic rings. The molecule has 1 atom stereocenters. The number of nitrogens with one attached hydrogen (secondary N) is 1. The fourth-order valence-electron chi connectivity index (χ4n) is 1.53. The van der Waals surface area contributed by atoms with Gasteiger partial charge < -0.3 is 10.1 Å². The lowest BCUT2D eigenvalue weighted by atomic mass is 9.97. The fourth-order valence-corrected chi connectivity index (χ4v) is 1.91. The number of ether oxygens (including phenoxy) is 1. The van der Waals surface area contributed by atoms with Crippen LogP contribution in [0.2, 0.25) is 0 Å². The summed E-state index contributed by atoms with van der Waals surface area (Å²) >= 11 is 3.46. The summed E-state index contributed by atoms with van der Waals surface area (Å²) in [5, 5.41) is 3.36. The Balaban J connectivity index is 0.000000980. The van der Waals surface area contributed by atoms with Crippen molar-refractivity contribution in [2.24, 2.45) is 0 Å². The van der Waals surface area contributed by atoms with Crippen LogP contribution in [0, 0.1) is 0 Å². The molecule has 0 amide bonds. The van der Waals surface area contributed by atoms with E-state index in [1.165, 1.54) is 12.0 Å². The van der Waals surface area contributed by atoms with Gasteiger partial charge in [0.1, 0.15) is 5.75 Å². The Morgan fingerprint density at radius 2 is 2.21 bits per heavy atom. The Morgan fingerprint density at radius 3 is 2.71 bits per heavy atom. The van der Waals surface area contributed by atoms with Crippen molar-refractivity contribution in [2.45, 2.75) is 12.5 Å². The van der Waals surface area contributed by atoms with E-state index in [2.05, 4.69) is 27.3 Å². The van der Waals surface area contributed by atoms with Gasteiger partial charge in [-0.25, -0.2) is 0 Å². The minimum atomic E-state index is 0. The molecule has 1 heterocycles. The van der Waals surface area contributed by atoms with E-state index in [1.807, 2.05) is 12.1 Å². The summed E-state index contributed by atoms with van der Waals surface area (Å²) in [6, 6.07) is 6.60. The van der Waals surface area contributed by atoms with Crippen molar-refractivity contribution in [2.75, 3.05) is 13.7 Å². The third-order valence-electron chi connectivity index (χ3n) is 2.39. The summed E-state index contributed by atoms with van der Waals surface area (Å²) < 4.78 is 6.40. The van der Waals surface area contributed by atoms with E-state index in [9.17, 15) is 0 Å². The molecule has 78 valence electrons. The predicted molar refractivity (Wildman–Crippen MR) is 63.3 cm³/mol. The average molecular weight is 279 g/mol. The van der Waals surface area contributed by atoms with Crippen LogP contribution in [0.3, 0.4) is 0 Å². The molecule has 1 aliphatic heterocycles. The van der Waals surface area contributed by atoms with Crippen molar-refractivity contribution in [1.29, 1.82) is 0 Å². The highest BCUT2D eigenvalue weighted by Crippen LogP contribution is 2.32. The van der Waals surface area contributed by atoms with Gasteiger partial charge in [-0.15, -0.1) is 12.4 Å². The Morgan fingerprint density at radius 1 is 1.50 bits per heavy atom. The lowest BCUT2D eigenvalue weighted by Gasteiger charge is -2.29. The first-order valence-corrected chi connectivity index (χ1v) is 5.17. The number of rotatable bonds is 2. The Bertz CT molecular complexity index is 315. The zero-order valence-corrected chi connectivity index (χ0v) is 10.3. The van der Waals surface area contributed by atoms with Crippen molar-refractivity contribution in [3.05, 3.63) is 28.2 Å². The van der Waals surface area contributed by atoms with Gasteiger partial charge in [0, 0.05) is 16.1 Å². The van der Waals surface area contributed by atoms with Crippen molar-refractivity contribution in [1.82, 2.24) is 5.32 Å². The first-order valence-electron chi connectivity index (χ1n) is 4.38. The lowest BCUT2D eigenvalue weighted by molar-refractivity contribution is 0.353. The highest BCUT2D eigenvalue weighted by atomic mass is 79.9. The van der Waals surface area contributed by atoms with Crippen LogP contribution in [0.1, 0.15) is 18.0 Å². The van der Waals surface area contributed by atoms with Gasteiger partial charge in [0.25, 0.3) is 0 Å². The summed E-state index contributed by atoms with van der Waals surface area (Å²) in [6.07, 6.45) is 1.20. The smallest absolute Gasteiger partial charge is 0.123 e. The number of hydrogen-bond acceptors (Lipinski definition) is 2. The standard InChI is InChI=1S/C10H12BrNO.ClH/c1-13-10-3-2-7(11)6-8(10)9-4-5-12-9;/h2-3,6,9,12H,4-5H2,1H3;1H/t9-;/m0./s1. The third-order valence-corrected chi connectivity index (χ3v) is 2.88. The molecular formula is C10H13BrClNO. The molecule has 4 heteroatoms. The highest BCUT2D eigenvalue weighted by Gasteiger charge is 2.21. The summed E-state index contributed by atoms with van der Waals surface area (Å²) in [7, 11) is 1.71. The van der Waals surface area contributed by atoms with Crippen LogP contribution < -0.4 is 10.1 Å². The minimum Gasteiger partial charge on any atom is -0.496 e.